The van der Waals surface area contributed by atoms with Crippen LogP contribution < -0.4 is 5.73 Å². The number of hydrogen-bond donors (Lipinski definition) is 1. The van der Waals surface area contributed by atoms with Gasteiger partial charge in [-0.2, -0.15) is 0 Å². The van der Waals surface area contributed by atoms with Crippen LogP contribution in [0.3, 0.4) is 0 Å². The molecule has 0 aliphatic heterocycles. The molecule has 48 valence electrons. The van der Waals surface area contributed by atoms with Crippen LogP contribution in [0.25, 0.3) is 0 Å². The summed E-state index contributed by atoms with van der Waals surface area (Å²) in [7, 11) is 4.18. The zero-order valence-corrected chi connectivity index (χ0v) is 5.59. The zero-order chi connectivity index (χ0) is 6.15. The highest BCUT2D eigenvalue weighted by atomic mass is 15.1. The topological polar surface area (TPSA) is 29.3 Å². The van der Waals surface area contributed by atoms with Crippen molar-refractivity contribution < 1.29 is 0 Å². The highest BCUT2D eigenvalue weighted by Crippen LogP contribution is 2.27. The highest BCUT2D eigenvalue weighted by molar-refractivity contribution is 4.91. The number of hydrogen-bond acceptors (Lipinski definition) is 2. The third kappa shape index (κ3) is 1.46. The molecule has 1 saturated carbocycles. The van der Waals surface area contributed by atoms with Crippen LogP contribution in [0.4, 0.5) is 0 Å². The van der Waals surface area contributed by atoms with Crippen LogP contribution in [-0.2, 0) is 0 Å². The van der Waals surface area contributed by atoms with Crippen LogP contribution in [-0.4, -0.2) is 31.6 Å². The van der Waals surface area contributed by atoms with E-state index in [-0.39, 0.29) is 0 Å². The Kier molecular flexibility index (Phi) is 1.54. The van der Waals surface area contributed by atoms with Crippen molar-refractivity contribution in [3.8, 4) is 0 Å². The van der Waals surface area contributed by atoms with Crippen molar-refractivity contribution in [1.82, 2.24) is 4.90 Å². The first-order valence-electron chi connectivity index (χ1n) is 3.10. The molecule has 2 N–H and O–H groups in total. The maximum Gasteiger partial charge on any atom is 0.00836 e. The van der Waals surface area contributed by atoms with Gasteiger partial charge in [0, 0.05) is 12.6 Å². The van der Waals surface area contributed by atoms with Crippen molar-refractivity contribution in [2.45, 2.75) is 12.5 Å². The van der Waals surface area contributed by atoms with Crippen LogP contribution in [0.15, 0.2) is 0 Å². The first-order chi connectivity index (χ1) is 3.70. The van der Waals surface area contributed by atoms with Crippen LogP contribution in [0.5, 0.6) is 0 Å². The Balaban J connectivity index is 2.05. The van der Waals surface area contributed by atoms with Gasteiger partial charge in [-0.15, -0.1) is 0 Å². The van der Waals surface area contributed by atoms with Gasteiger partial charge in [0.25, 0.3) is 0 Å². The largest absolute Gasteiger partial charge is 0.327 e. The Morgan fingerprint density at radius 2 is 2.12 bits per heavy atom. The van der Waals surface area contributed by atoms with Crippen molar-refractivity contribution in [3.63, 3.8) is 0 Å². The van der Waals surface area contributed by atoms with E-state index in [1.807, 2.05) is 0 Å². The van der Waals surface area contributed by atoms with Gasteiger partial charge in [0.15, 0.2) is 0 Å². The van der Waals surface area contributed by atoms with Gasteiger partial charge < -0.3 is 10.6 Å². The minimum atomic E-state index is 0.511. The number of rotatable bonds is 2. The lowest BCUT2D eigenvalue weighted by atomic mass is 10.4. The fraction of sp³-hybridized carbons (Fsp3) is 1.00. The molecule has 2 nitrogen and oxygen atoms in total. The average molecular weight is 114 g/mol. The smallest absolute Gasteiger partial charge is 0.00836 e. The molecule has 0 unspecified atom stereocenters. The fourth-order valence-electron chi connectivity index (χ4n) is 0.950. The molecule has 0 spiro atoms. The third-order valence-electron chi connectivity index (χ3n) is 1.58. The second kappa shape index (κ2) is 2.03. The van der Waals surface area contributed by atoms with E-state index in [0.29, 0.717) is 6.04 Å². The van der Waals surface area contributed by atoms with Crippen molar-refractivity contribution in [2.75, 3.05) is 20.6 Å². The maximum atomic E-state index is 5.59. The summed E-state index contributed by atoms with van der Waals surface area (Å²) in [5, 5.41) is 0. The molecule has 1 rings (SSSR count). The van der Waals surface area contributed by atoms with Crippen molar-refractivity contribution in [1.29, 1.82) is 0 Å². The summed E-state index contributed by atoms with van der Waals surface area (Å²) in [6.07, 6.45) is 1.23. The molecule has 1 aliphatic rings. The summed E-state index contributed by atoms with van der Waals surface area (Å²) >= 11 is 0. The fourth-order valence-corrected chi connectivity index (χ4v) is 0.950. The van der Waals surface area contributed by atoms with Gasteiger partial charge in [0.1, 0.15) is 0 Å². The Morgan fingerprint density at radius 3 is 2.25 bits per heavy atom. The van der Waals surface area contributed by atoms with Crippen LogP contribution >= 0.6 is 0 Å². The monoisotopic (exact) mass is 114 g/mol. The van der Waals surface area contributed by atoms with Crippen LogP contribution in [0.1, 0.15) is 6.42 Å². The van der Waals surface area contributed by atoms with E-state index in [2.05, 4.69) is 19.0 Å². The van der Waals surface area contributed by atoms with E-state index in [4.69, 9.17) is 5.73 Å². The Bertz CT molecular complexity index is 80.6. The van der Waals surface area contributed by atoms with Gasteiger partial charge in [-0.3, -0.25) is 0 Å². The molecule has 8 heavy (non-hydrogen) atoms. The average Bonchev–Trinajstić information content (AvgIpc) is 2.17. The summed E-state index contributed by atoms with van der Waals surface area (Å²) in [5.74, 6) is 0.796. The lowest BCUT2D eigenvalue weighted by Gasteiger charge is -2.06. The molecular weight excluding hydrogens is 100 g/mol. The molecule has 1 aliphatic carbocycles. The SMILES string of the molecule is CN(C)C[C@H]1C[C@@H]1N. The standard InChI is InChI=1S/C6H14N2/c1-8(2)4-5-3-6(5)7/h5-6H,3-4,7H2,1-2H3/t5-,6+/m1/s1. The van der Waals surface area contributed by atoms with E-state index in [1.54, 1.807) is 0 Å². The third-order valence-corrected chi connectivity index (χ3v) is 1.58. The van der Waals surface area contributed by atoms with Crippen molar-refractivity contribution in [3.05, 3.63) is 0 Å². The summed E-state index contributed by atoms with van der Waals surface area (Å²) in [6.45, 7) is 1.17. The van der Waals surface area contributed by atoms with Gasteiger partial charge in [-0.25, -0.2) is 0 Å². The maximum absolute atomic E-state index is 5.59. The van der Waals surface area contributed by atoms with Crippen molar-refractivity contribution in [2.24, 2.45) is 11.7 Å². The number of nitrogens with two attached hydrogens (primary N) is 1. The molecule has 0 radical (unpaired) electrons. The zero-order valence-electron chi connectivity index (χ0n) is 5.59. The molecule has 0 saturated heterocycles. The predicted octanol–water partition coefficient (Wildman–Crippen LogP) is -0.105. The Labute approximate surface area is 50.7 Å². The molecule has 0 heterocycles. The van der Waals surface area contributed by atoms with E-state index in [1.165, 1.54) is 13.0 Å². The molecular formula is C6H14N2. The van der Waals surface area contributed by atoms with Gasteiger partial charge in [0.2, 0.25) is 0 Å². The van der Waals surface area contributed by atoms with E-state index >= 15 is 0 Å². The Hall–Kier alpha value is -0.0800. The summed E-state index contributed by atoms with van der Waals surface area (Å²) in [6, 6.07) is 0.511. The highest BCUT2D eigenvalue weighted by Gasteiger charge is 2.33. The summed E-state index contributed by atoms with van der Waals surface area (Å²) < 4.78 is 0. The minimum Gasteiger partial charge on any atom is -0.327 e. The summed E-state index contributed by atoms with van der Waals surface area (Å²) in [5.41, 5.74) is 5.59. The molecule has 0 amide bonds. The lowest BCUT2D eigenvalue weighted by molar-refractivity contribution is 0.385. The van der Waals surface area contributed by atoms with Crippen LogP contribution in [0, 0.1) is 5.92 Å². The second-order valence-corrected chi connectivity index (χ2v) is 2.92. The van der Waals surface area contributed by atoms with E-state index < -0.39 is 0 Å². The predicted molar refractivity (Wildman–Crippen MR) is 34.6 cm³/mol. The molecule has 0 aromatic rings. The van der Waals surface area contributed by atoms with Gasteiger partial charge in [0.05, 0.1) is 0 Å². The lowest BCUT2D eigenvalue weighted by Crippen LogP contribution is -2.18. The number of nitrogens with zero attached hydrogens (tertiary/aromatic N) is 1. The Morgan fingerprint density at radius 1 is 1.62 bits per heavy atom. The molecule has 0 aromatic heterocycles. The molecule has 1 fully saturated rings. The molecule has 2 atom stereocenters. The van der Waals surface area contributed by atoms with E-state index in [9.17, 15) is 0 Å². The first-order valence-corrected chi connectivity index (χ1v) is 3.10. The van der Waals surface area contributed by atoms with E-state index in [0.717, 1.165) is 5.92 Å². The minimum absolute atomic E-state index is 0.511. The van der Waals surface area contributed by atoms with Crippen molar-refractivity contribution >= 4 is 0 Å². The van der Waals surface area contributed by atoms with Gasteiger partial charge in [-0.1, -0.05) is 0 Å². The molecule has 2 heteroatoms. The normalized spacial score (nSPS) is 36.0. The quantitative estimate of drug-likeness (QED) is 0.543. The first kappa shape index (κ1) is 6.05. The molecule has 0 bridgehead atoms. The van der Waals surface area contributed by atoms with Gasteiger partial charge in [-0.05, 0) is 26.4 Å². The molecule has 0 aromatic carbocycles. The van der Waals surface area contributed by atoms with Gasteiger partial charge >= 0.3 is 0 Å². The van der Waals surface area contributed by atoms with Crippen LogP contribution in [0.2, 0.25) is 0 Å². The second-order valence-electron chi connectivity index (χ2n) is 2.92. The summed E-state index contributed by atoms with van der Waals surface area (Å²) in [4.78, 5) is 2.19.